The Labute approximate surface area is 245 Å². The number of nitrogens with zero attached hydrogens (tertiary/aromatic N) is 3. The summed E-state index contributed by atoms with van der Waals surface area (Å²) in [5.41, 5.74) is 2.65. The summed E-state index contributed by atoms with van der Waals surface area (Å²) in [5.74, 6) is 0.494. The van der Waals surface area contributed by atoms with Crippen molar-refractivity contribution in [3.63, 3.8) is 0 Å². The van der Waals surface area contributed by atoms with Gasteiger partial charge in [0, 0.05) is 41.0 Å². The second-order valence-corrected chi connectivity index (χ2v) is 10.3. The van der Waals surface area contributed by atoms with Crippen molar-refractivity contribution < 1.29 is 38.3 Å². The van der Waals surface area contributed by atoms with Gasteiger partial charge in [0.2, 0.25) is 5.88 Å². The zero-order chi connectivity index (χ0) is 29.8. The van der Waals surface area contributed by atoms with Crippen LogP contribution in [0.5, 0.6) is 5.88 Å². The van der Waals surface area contributed by atoms with E-state index in [4.69, 9.17) is 33.5 Å². The molecule has 0 fully saturated rings. The Morgan fingerprint density at radius 2 is 1.40 bits per heavy atom. The molecule has 0 bridgehead atoms. The summed E-state index contributed by atoms with van der Waals surface area (Å²) in [6, 6.07) is 11.5. The summed E-state index contributed by atoms with van der Waals surface area (Å²) in [6.45, 7) is 9.45. The normalized spacial score (nSPS) is 11.8. The van der Waals surface area contributed by atoms with Crippen molar-refractivity contribution in [1.82, 2.24) is 14.5 Å². The highest BCUT2D eigenvalue weighted by atomic mass is 16.6. The molecule has 4 aromatic rings. The van der Waals surface area contributed by atoms with Crippen LogP contribution in [0.15, 0.2) is 55.0 Å². The lowest BCUT2D eigenvalue weighted by Crippen LogP contribution is -2.27. The fraction of sp³-hybridized carbons (Fsp3) is 0.452. The number of aliphatic hydroxyl groups is 1. The first kappa shape index (κ1) is 31.3. The van der Waals surface area contributed by atoms with Gasteiger partial charge in [-0.15, -0.1) is 0 Å². The predicted molar refractivity (Wildman–Crippen MR) is 158 cm³/mol. The Balaban J connectivity index is 1.25. The van der Waals surface area contributed by atoms with E-state index in [1.54, 1.807) is 23.2 Å². The highest BCUT2D eigenvalue weighted by Gasteiger charge is 2.22. The quantitative estimate of drug-likeness (QED) is 0.190. The van der Waals surface area contributed by atoms with Crippen LogP contribution >= 0.6 is 0 Å². The molecule has 4 rings (SSSR count). The number of ether oxygens (including phenoxy) is 6. The molecule has 0 unspecified atom stereocenters. The molecule has 0 aliphatic carbocycles. The van der Waals surface area contributed by atoms with Gasteiger partial charge < -0.3 is 33.5 Å². The maximum atomic E-state index is 13.2. The van der Waals surface area contributed by atoms with E-state index < -0.39 is 11.7 Å². The first-order valence-corrected chi connectivity index (χ1v) is 14.0. The monoisotopic (exact) mass is 581 g/mol. The molecule has 0 saturated carbocycles. The van der Waals surface area contributed by atoms with Gasteiger partial charge in [-0.25, -0.2) is 14.3 Å². The van der Waals surface area contributed by atoms with Gasteiger partial charge >= 0.3 is 6.09 Å². The summed E-state index contributed by atoms with van der Waals surface area (Å²) < 4.78 is 34.5. The molecule has 1 aromatic carbocycles. The Bertz CT molecular complexity index is 1420. The zero-order valence-corrected chi connectivity index (χ0v) is 24.4. The van der Waals surface area contributed by atoms with Gasteiger partial charge in [0.1, 0.15) is 12.2 Å². The van der Waals surface area contributed by atoms with Gasteiger partial charge in [0.25, 0.3) is 0 Å². The number of rotatable bonds is 16. The Kier molecular flexibility index (Phi) is 11.6. The summed E-state index contributed by atoms with van der Waals surface area (Å²) in [4.78, 5) is 21.9. The van der Waals surface area contributed by atoms with E-state index in [0.29, 0.717) is 65.3 Å². The standard InChI is InChI=1S/C31H39N3O8/c1-31(2,3)42-30(36)34-27-8-9-32-22-26(27)25-6-4-23(20-28(25)34)24-5-7-29(33-21-24)41-19-18-40-17-16-39-15-14-38-13-12-37-11-10-35/h4-9,20-22,35H,10-19H2,1-3H3. The Morgan fingerprint density at radius 3 is 2.02 bits per heavy atom. The van der Waals surface area contributed by atoms with Gasteiger partial charge in [-0.05, 0) is 44.5 Å². The molecule has 11 nitrogen and oxygen atoms in total. The van der Waals surface area contributed by atoms with Crippen molar-refractivity contribution in [3.8, 4) is 17.0 Å². The largest absolute Gasteiger partial charge is 0.475 e. The Hall–Kier alpha value is -3.61. The lowest BCUT2D eigenvalue weighted by atomic mass is 10.1. The summed E-state index contributed by atoms with van der Waals surface area (Å²) in [7, 11) is 0. The molecule has 3 heterocycles. The molecule has 0 aliphatic heterocycles. The van der Waals surface area contributed by atoms with Crippen LogP contribution in [-0.2, 0) is 23.7 Å². The van der Waals surface area contributed by atoms with Crippen molar-refractivity contribution in [2.75, 3.05) is 66.1 Å². The van der Waals surface area contributed by atoms with E-state index in [1.807, 2.05) is 57.2 Å². The van der Waals surface area contributed by atoms with E-state index >= 15 is 0 Å². The van der Waals surface area contributed by atoms with Crippen LogP contribution in [0.3, 0.4) is 0 Å². The summed E-state index contributed by atoms with van der Waals surface area (Å²) in [5, 5.41) is 10.4. The second kappa shape index (κ2) is 15.6. The number of carbonyl (C=O) groups is 1. The van der Waals surface area contributed by atoms with E-state index in [1.165, 1.54) is 0 Å². The third-order valence-corrected chi connectivity index (χ3v) is 6.04. The molecule has 0 amide bonds. The molecule has 0 saturated heterocycles. The van der Waals surface area contributed by atoms with Crippen LogP contribution in [0.25, 0.3) is 32.9 Å². The molecule has 0 aliphatic rings. The van der Waals surface area contributed by atoms with Crippen LogP contribution in [-0.4, -0.2) is 97.4 Å². The average molecular weight is 582 g/mol. The average Bonchev–Trinajstić information content (AvgIpc) is 3.30. The number of hydrogen-bond acceptors (Lipinski definition) is 10. The lowest BCUT2D eigenvalue weighted by Gasteiger charge is -2.20. The lowest BCUT2D eigenvalue weighted by molar-refractivity contribution is -0.00789. The van der Waals surface area contributed by atoms with Crippen molar-refractivity contribution in [2.45, 2.75) is 26.4 Å². The van der Waals surface area contributed by atoms with Crippen molar-refractivity contribution in [3.05, 3.63) is 55.0 Å². The summed E-state index contributed by atoms with van der Waals surface area (Å²) >= 11 is 0. The van der Waals surface area contributed by atoms with Crippen LogP contribution < -0.4 is 4.74 Å². The van der Waals surface area contributed by atoms with Crippen LogP contribution in [0.2, 0.25) is 0 Å². The van der Waals surface area contributed by atoms with E-state index in [0.717, 1.165) is 32.9 Å². The molecule has 226 valence electrons. The van der Waals surface area contributed by atoms with Gasteiger partial charge in [0.05, 0.1) is 70.5 Å². The molecular weight excluding hydrogens is 542 g/mol. The maximum absolute atomic E-state index is 13.2. The number of aliphatic hydroxyl groups excluding tert-OH is 1. The van der Waals surface area contributed by atoms with Crippen molar-refractivity contribution >= 4 is 27.9 Å². The molecule has 0 atom stereocenters. The summed E-state index contributed by atoms with van der Waals surface area (Å²) in [6.07, 6.45) is 4.74. The van der Waals surface area contributed by atoms with E-state index in [9.17, 15) is 4.79 Å². The van der Waals surface area contributed by atoms with E-state index in [-0.39, 0.29) is 6.61 Å². The van der Waals surface area contributed by atoms with Gasteiger partial charge in [-0.1, -0.05) is 12.1 Å². The molecule has 0 spiro atoms. The van der Waals surface area contributed by atoms with Crippen LogP contribution in [0.1, 0.15) is 20.8 Å². The Morgan fingerprint density at radius 1 is 0.762 bits per heavy atom. The van der Waals surface area contributed by atoms with Crippen LogP contribution in [0.4, 0.5) is 4.79 Å². The zero-order valence-electron chi connectivity index (χ0n) is 24.4. The third kappa shape index (κ3) is 8.94. The fourth-order valence-electron chi connectivity index (χ4n) is 4.22. The number of fused-ring (bicyclic) bond motifs is 3. The highest BCUT2D eigenvalue weighted by Crippen LogP contribution is 2.33. The highest BCUT2D eigenvalue weighted by molar-refractivity contribution is 6.13. The molecule has 11 heteroatoms. The minimum Gasteiger partial charge on any atom is -0.475 e. The number of carbonyl (C=O) groups excluding carboxylic acids is 1. The molecule has 3 aromatic heterocycles. The first-order chi connectivity index (χ1) is 20.4. The number of hydrogen-bond donors (Lipinski definition) is 1. The number of benzene rings is 1. The topological polar surface area (TPSA) is 123 Å². The smallest absolute Gasteiger partial charge is 0.419 e. The van der Waals surface area contributed by atoms with Gasteiger partial charge in [-0.3, -0.25) is 4.98 Å². The molecule has 0 radical (unpaired) electrons. The van der Waals surface area contributed by atoms with Crippen molar-refractivity contribution in [2.24, 2.45) is 0 Å². The first-order valence-electron chi connectivity index (χ1n) is 14.0. The van der Waals surface area contributed by atoms with Crippen LogP contribution in [0, 0.1) is 0 Å². The van der Waals surface area contributed by atoms with E-state index in [2.05, 4.69) is 9.97 Å². The van der Waals surface area contributed by atoms with Gasteiger partial charge in [-0.2, -0.15) is 0 Å². The maximum Gasteiger partial charge on any atom is 0.419 e. The minimum atomic E-state index is -0.628. The molecule has 42 heavy (non-hydrogen) atoms. The minimum absolute atomic E-state index is 0.0142. The van der Waals surface area contributed by atoms with Crippen molar-refractivity contribution in [1.29, 1.82) is 0 Å². The number of pyridine rings is 2. The number of aromatic nitrogens is 3. The SMILES string of the molecule is CC(C)(C)OC(=O)n1c2ccncc2c2ccc(-c3ccc(OCCOCCOCCOCCOCCO)nc3)cc21. The predicted octanol–water partition coefficient (Wildman–Crippen LogP) is 4.47. The van der Waals surface area contributed by atoms with Gasteiger partial charge in [0.15, 0.2) is 0 Å². The molecular formula is C31H39N3O8. The second-order valence-electron chi connectivity index (χ2n) is 10.3. The fourth-order valence-corrected chi connectivity index (χ4v) is 4.22. The third-order valence-electron chi connectivity index (χ3n) is 6.04. The molecule has 1 N–H and O–H groups in total.